The summed E-state index contributed by atoms with van der Waals surface area (Å²) in [7, 11) is 0. The average molecular weight is 200 g/mol. The van der Waals surface area contributed by atoms with E-state index in [1.54, 1.807) is 18.2 Å². The molecule has 2 N–H and O–H groups in total. The lowest BCUT2D eigenvalue weighted by molar-refractivity contribution is 0.0929. The van der Waals surface area contributed by atoms with Crippen molar-refractivity contribution in [3.05, 3.63) is 29.0 Å². The summed E-state index contributed by atoms with van der Waals surface area (Å²) in [6, 6.07) is 4.89. The fraction of sp³-hybridized carbons (Fsp3) is 0.250. The minimum absolute atomic E-state index is 0.288. The number of nitrogens with zero attached hydrogens (tertiary/aromatic N) is 1. The highest BCUT2D eigenvalue weighted by atomic mass is 35.5. The van der Waals surface area contributed by atoms with Crippen LogP contribution in [0.25, 0.3) is 0 Å². The van der Waals surface area contributed by atoms with Crippen molar-refractivity contribution in [2.75, 3.05) is 6.54 Å². The van der Waals surface area contributed by atoms with Gasteiger partial charge in [0.15, 0.2) is 0 Å². The van der Waals surface area contributed by atoms with Crippen LogP contribution < -0.4 is 10.9 Å². The Morgan fingerprint density at radius 3 is 3.00 bits per heavy atom. The quantitative estimate of drug-likeness (QED) is 0.564. The number of halogens is 1. The van der Waals surface area contributed by atoms with Gasteiger partial charge in [0.1, 0.15) is 10.8 Å². The second-order valence-electron chi connectivity index (χ2n) is 2.33. The third kappa shape index (κ3) is 3.01. The Labute approximate surface area is 81.3 Å². The van der Waals surface area contributed by atoms with Crippen molar-refractivity contribution in [3.8, 4) is 0 Å². The van der Waals surface area contributed by atoms with Crippen LogP contribution in [0.15, 0.2) is 18.2 Å². The molecule has 0 saturated carbocycles. The van der Waals surface area contributed by atoms with Gasteiger partial charge in [0.05, 0.1) is 0 Å². The Hall–Kier alpha value is -1.13. The monoisotopic (exact) mass is 199 g/mol. The second-order valence-corrected chi connectivity index (χ2v) is 2.72. The molecule has 0 aliphatic rings. The van der Waals surface area contributed by atoms with Crippen molar-refractivity contribution < 1.29 is 4.79 Å². The summed E-state index contributed by atoms with van der Waals surface area (Å²) in [5.41, 5.74) is 5.45. The highest BCUT2D eigenvalue weighted by Crippen LogP contribution is 2.04. The van der Waals surface area contributed by atoms with Crippen molar-refractivity contribution in [2.24, 2.45) is 0 Å². The summed E-state index contributed by atoms with van der Waals surface area (Å²) in [5.74, 6) is -0.288. The molecule has 0 unspecified atom stereocenters. The highest BCUT2D eigenvalue weighted by Gasteiger charge is 2.05. The van der Waals surface area contributed by atoms with Crippen molar-refractivity contribution in [1.29, 1.82) is 0 Å². The predicted molar refractivity (Wildman–Crippen MR) is 50.4 cm³/mol. The number of carbonyl (C=O) groups is 1. The van der Waals surface area contributed by atoms with Gasteiger partial charge in [0.25, 0.3) is 5.91 Å². The van der Waals surface area contributed by atoms with Crippen molar-refractivity contribution >= 4 is 17.5 Å². The van der Waals surface area contributed by atoms with Crippen LogP contribution in [-0.2, 0) is 0 Å². The maximum atomic E-state index is 11.3. The standard InChI is InChI=1S/C8H10ClN3O/c1-2-10-12-8(13)6-4-3-5-7(9)11-6/h3-5,10H,2H2,1H3,(H,12,13). The summed E-state index contributed by atoms with van der Waals surface area (Å²) in [4.78, 5) is 15.1. The van der Waals surface area contributed by atoms with Crippen molar-refractivity contribution in [2.45, 2.75) is 6.92 Å². The lowest BCUT2D eigenvalue weighted by atomic mass is 10.3. The van der Waals surface area contributed by atoms with Crippen LogP contribution in [-0.4, -0.2) is 17.4 Å². The van der Waals surface area contributed by atoms with Gasteiger partial charge < -0.3 is 0 Å². The number of rotatable bonds is 3. The zero-order valence-corrected chi connectivity index (χ0v) is 7.93. The van der Waals surface area contributed by atoms with Gasteiger partial charge in [-0.25, -0.2) is 10.4 Å². The maximum Gasteiger partial charge on any atom is 0.284 e. The summed E-state index contributed by atoms with van der Waals surface area (Å²) in [5, 5.41) is 0.309. The van der Waals surface area contributed by atoms with E-state index in [-0.39, 0.29) is 5.91 Å². The molecule has 1 aromatic rings. The van der Waals surface area contributed by atoms with Gasteiger partial charge in [0, 0.05) is 6.54 Å². The van der Waals surface area contributed by atoms with Gasteiger partial charge in [0.2, 0.25) is 0 Å². The molecule has 70 valence electrons. The van der Waals surface area contributed by atoms with E-state index in [0.29, 0.717) is 17.4 Å². The largest absolute Gasteiger partial charge is 0.286 e. The summed E-state index contributed by atoms with van der Waals surface area (Å²) in [6.45, 7) is 2.54. The van der Waals surface area contributed by atoms with Gasteiger partial charge in [-0.15, -0.1) is 0 Å². The Bertz CT molecular complexity index is 303. The van der Waals surface area contributed by atoms with E-state index in [1.165, 1.54) is 0 Å². The number of pyridine rings is 1. The smallest absolute Gasteiger partial charge is 0.284 e. The van der Waals surface area contributed by atoms with Crippen molar-refractivity contribution in [1.82, 2.24) is 15.8 Å². The molecule has 13 heavy (non-hydrogen) atoms. The third-order valence-corrected chi connectivity index (χ3v) is 1.54. The molecule has 1 aromatic heterocycles. The number of amides is 1. The van der Waals surface area contributed by atoms with Crippen molar-refractivity contribution in [3.63, 3.8) is 0 Å². The van der Waals surface area contributed by atoms with E-state index < -0.39 is 0 Å². The third-order valence-electron chi connectivity index (χ3n) is 1.33. The maximum absolute atomic E-state index is 11.3. The number of hydrogen-bond acceptors (Lipinski definition) is 3. The highest BCUT2D eigenvalue weighted by molar-refractivity contribution is 6.29. The van der Waals surface area contributed by atoms with Gasteiger partial charge in [-0.05, 0) is 12.1 Å². The summed E-state index contributed by atoms with van der Waals surface area (Å²) >= 11 is 5.61. The fourth-order valence-corrected chi connectivity index (χ4v) is 0.931. The first-order chi connectivity index (χ1) is 6.24. The zero-order chi connectivity index (χ0) is 9.68. The Kier molecular flexibility index (Phi) is 3.67. The number of aromatic nitrogens is 1. The average Bonchev–Trinajstić information content (AvgIpc) is 2.14. The zero-order valence-electron chi connectivity index (χ0n) is 7.17. The normalized spacial score (nSPS) is 9.69. The van der Waals surface area contributed by atoms with Crippen LogP contribution >= 0.6 is 11.6 Å². The van der Waals surface area contributed by atoms with E-state index in [1.807, 2.05) is 6.92 Å². The molecule has 0 aliphatic carbocycles. The SMILES string of the molecule is CCNNC(=O)c1cccc(Cl)n1. The van der Waals surface area contributed by atoms with Crippen LogP contribution in [0.5, 0.6) is 0 Å². The van der Waals surface area contributed by atoms with Crippen LogP contribution in [0.1, 0.15) is 17.4 Å². The lowest BCUT2D eigenvalue weighted by Gasteiger charge is -2.03. The van der Waals surface area contributed by atoms with E-state index in [0.717, 1.165) is 0 Å². The van der Waals surface area contributed by atoms with E-state index in [9.17, 15) is 4.79 Å². The molecule has 0 spiro atoms. The first-order valence-corrected chi connectivity index (χ1v) is 4.27. The predicted octanol–water partition coefficient (Wildman–Crippen LogP) is 0.989. The van der Waals surface area contributed by atoms with Gasteiger partial charge in [-0.2, -0.15) is 0 Å². The Morgan fingerprint density at radius 1 is 1.62 bits per heavy atom. The van der Waals surface area contributed by atoms with Gasteiger partial charge >= 0.3 is 0 Å². The van der Waals surface area contributed by atoms with Crippen LogP contribution in [0.3, 0.4) is 0 Å². The van der Waals surface area contributed by atoms with E-state index in [4.69, 9.17) is 11.6 Å². The lowest BCUT2D eigenvalue weighted by Crippen LogP contribution is -2.37. The molecular weight excluding hydrogens is 190 g/mol. The molecule has 1 rings (SSSR count). The molecule has 1 heterocycles. The van der Waals surface area contributed by atoms with Crippen LogP contribution in [0.2, 0.25) is 5.15 Å². The Morgan fingerprint density at radius 2 is 2.38 bits per heavy atom. The van der Waals surface area contributed by atoms with Crippen LogP contribution in [0, 0.1) is 0 Å². The molecule has 5 heteroatoms. The molecule has 0 bridgehead atoms. The fourth-order valence-electron chi connectivity index (χ4n) is 0.767. The first-order valence-electron chi connectivity index (χ1n) is 3.89. The van der Waals surface area contributed by atoms with E-state index >= 15 is 0 Å². The summed E-state index contributed by atoms with van der Waals surface area (Å²) in [6.07, 6.45) is 0. The number of nitrogens with one attached hydrogen (secondary N) is 2. The molecule has 0 aliphatic heterocycles. The molecular formula is C8H10ClN3O. The molecule has 4 nitrogen and oxygen atoms in total. The molecule has 0 radical (unpaired) electrons. The van der Waals surface area contributed by atoms with Gasteiger partial charge in [-0.1, -0.05) is 24.6 Å². The minimum atomic E-state index is -0.288. The molecule has 1 amide bonds. The number of hydrogen-bond donors (Lipinski definition) is 2. The molecule has 0 aromatic carbocycles. The van der Waals surface area contributed by atoms with Gasteiger partial charge in [-0.3, -0.25) is 10.2 Å². The molecule has 0 fully saturated rings. The topological polar surface area (TPSA) is 54.0 Å². The Balaban J connectivity index is 2.66. The summed E-state index contributed by atoms with van der Waals surface area (Å²) < 4.78 is 0. The molecule has 0 saturated heterocycles. The second kappa shape index (κ2) is 4.79. The number of carbonyl (C=O) groups excluding carboxylic acids is 1. The molecule has 0 atom stereocenters. The number of hydrazine groups is 1. The first kappa shape index (κ1) is 9.95. The van der Waals surface area contributed by atoms with E-state index in [2.05, 4.69) is 15.8 Å². The minimum Gasteiger partial charge on any atom is -0.286 e. The van der Waals surface area contributed by atoms with Crippen LogP contribution in [0.4, 0.5) is 0 Å².